The summed E-state index contributed by atoms with van der Waals surface area (Å²) in [5.41, 5.74) is -1.03. The van der Waals surface area contributed by atoms with E-state index >= 15 is 0 Å². The highest BCUT2D eigenvalue weighted by molar-refractivity contribution is 6.04. The first-order valence-electron chi connectivity index (χ1n) is 9.92. The predicted molar refractivity (Wildman–Crippen MR) is 103 cm³/mol. The Labute approximate surface area is 172 Å². The van der Waals surface area contributed by atoms with Gasteiger partial charge in [-0.2, -0.15) is 13.2 Å². The summed E-state index contributed by atoms with van der Waals surface area (Å²) < 4.78 is 38.4. The molecule has 1 aliphatic rings. The molecule has 1 fully saturated rings. The molecule has 3 unspecified atom stereocenters. The molecule has 1 aromatic carbocycles. The molecule has 0 aliphatic heterocycles. The van der Waals surface area contributed by atoms with Gasteiger partial charge in [0.15, 0.2) is 5.78 Å². The second-order valence-electron chi connectivity index (χ2n) is 7.57. The number of aliphatic hydroxyl groups is 1. The van der Waals surface area contributed by atoms with E-state index in [0.717, 1.165) is 37.1 Å². The fourth-order valence-electron chi connectivity index (χ4n) is 3.73. The third-order valence-electron chi connectivity index (χ3n) is 5.33. The number of rotatable bonds is 10. The summed E-state index contributed by atoms with van der Waals surface area (Å²) in [6, 6.07) is 4.10. The van der Waals surface area contributed by atoms with Crippen LogP contribution in [0.1, 0.15) is 60.9 Å². The number of hydrogen-bond donors (Lipinski definition) is 2. The maximum Gasteiger partial charge on any atom is 0.416 e. The SMILES string of the molecule is O=C(O)CCCCCCC1C(=O)CC(O)C1C=CC(=O)c1cccc(C(F)(F)F)c1. The normalized spacial score (nSPS) is 22.0. The average molecular weight is 426 g/mol. The van der Waals surface area contributed by atoms with E-state index in [1.807, 2.05) is 0 Å². The summed E-state index contributed by atoms with van der Waals surface area (Å²) in [5.74, 6) is -2.59. The number of halogens is 3. The Kier molecular flexibility index (Phi) is 8.34. The molecule has 0 amide bonds. The molecule has 0 heterocycles. The molecule has 3 atom stereocenters. The van der Waals surface area contributed by atoms with Crippen LogP contribution in [0.2, 0.25) is 0 Å². The average Bonchev–Trinajstić information content (AvgIpc) is 2.94. The van der Waals surface area contributed by atoms with E-state index in [4.69, 9.17) is 5.11 Å². The lowest BCUT2D eigenvalue weighted by atomic mass is 9.88. The second-order valence-corrected chi connectivity index (χ2v) is 7.57. The first kappa shape index (κ1) is 23.8. The molecule has 8 heteroatoms. The van der Waals surface area contributed by atoms with Gasteiger partial charge in [-0.25, -0.2) is 0 Å². The third-order valence-corrected chi connectivity index (χ3v) is 5.33. The second kappa shape index (κ2) is 10.5. The van der Waals surface area contributed by atoms with Crippen LogP contribution in [0, 0.1) is 11.8 Å². The highest BCUT2D eigenvalue weighted by Crippen LogP contribution is 2.34. The van der Waals surface area contributed by atoms with Crippen LogP contribution in [0.3, 0.4) is 0 Å². The van der Waals surface area contributed by atoms with Crippen LogP contribution in [0.4, 0.5) is 13.2 Å². The van der Waals surface area contributed by atoms with Gasteiger partial charge in [0, 0.05) is 30.2 Å². The van der Waals surface area contributed by atoms with E-state index in [1.165, 1.54) is 12.1 Å². The number of carbonyl (C=O) groups is 3. The fraction of sp³-hybridized carbons (Fsp3) is 0.500. The van der Waals surface area contributed by atoms with Crippen molar-refractivity contribution in [2.45, 2.75) is 57.2 Å². The Morgan fingerprint density at radius 2 is 1.83 bits per heavy atom. The lowest BCUT2D eigenvalue weighted by Crippen LogP contribution is -2.19. The molecule has 2 N–H and O–H groups in total. The largest absolute Gasteiger partial charge is 0.481 e. The van der Waals surface area contributed by atoms with E-state index in [9.17, 15) is 32.7 Å². The smallest absolute Gasteiger partial charge is 0.416 e. The van der Waals surface area contributed by atoms with Crippen molar-refractivity contribution in [1.29, 1.82) is 0 Å². The van der Waals surface area contributed by atoms with Gasteiger partial charge in [0.1, 0.15) is 5.78 Å². The zero-order chi connectivity index (χ0) is 22.3. The summed E-state index contributed by atoms with van der Waals surface area (Å²) in [5, 5.41) is 18.8. The van der Waals surface area contributed by atoms with Gasteiger partial charge in [-0.3, -0.25) is 14.4 Å². The van der Waals surface area contributed by atoms with Crippen LogP contribution >= 0.6 is 0 Å². The van der Waals surface area contributed by atoms with E-state index in [2.05, 4.69) is 0 Å². The van der Waals surface area contributed by atoms with Crippen molar-refractivity contribution in [3.8, 4) is 0 Å². The molecule has 0 bridgehead atoms. The number of allylic oxidation sites excluding steroid dienone is 1. The topological polar surface area (TPSA) is 91.7 Å². The Bertz CT molecular complexity index is 800. The Morgan fingerprint density at radius 1 is 1.13 bits per heavy atom. The number of carboxylic acid groups (broad SMARTS) is 1. The molecule has 0 radical (unpaired) electrons. The Balaban J connectivity index is 1.97. The van der Waals surface area contributed by atoms with Crippen LogP contribution in [0.15, 0.2) is 36.4 Å². The number of benzene rings is 1. The zero-order valence-corrected chi connectivity index (χ0v) is 16.4. The highest BCUT2D eigenvalue weighted by Gasteiger charge is 2.39. The van der Waals surface area contributed by atoms with Gasteiger partial charge < -0.3 is 10.2 Å². The maximum absolute atomic E-state index is 12.8. The lowest BCUT2D eigenvalue weighted by molar-refractivity contribution is -0.138. The molecule has 1 aliphatic carbocycles. The fourth-order valence-corrected chi connectivity index (χ4v) is 3.73. The number of carboxylic acids is 1. The van der Waals surface area contributed by atoms with Crippen molar-refractivity contribution >= 4 is 17.5 Å². The minimum absolute atomic E-state index is 0.0174. The van der Waals surface area contributed by atoms with Crippen molar-refractivity contribution in [3.63, 3.8) is 0 Å². The third kappa shape index (κ3) is 6.79. The summed E-state index contributed by atoms with van der Waals surface area (Å²) in [6.45, 7) is 0. The van der Waals surface area contributed by atoms with Gasteiger partial charge in [-0.15, -0.1) is 0 Å². The van der Waals surface area contributed by atoms with E-state index in [1.54, 1.807) is 0 Å². The molecule has 30 heavy (non-hydrogen) atoms. The van der Waals surface area contributed by atoms with Gasteiger partial charge in [0.25, 0.3) is 0 Å². The van der Waals surface area contributed by atoms with Gasteiger partial charge >= 0.3 is 12.1 Å². The molecule has 1 saturated carbocycles. The minimum Gasteiger partial charge on any atom is -0.481 e. The van der Waals surface area contributed by atoms with Crippen LogP contribution in [0.5, 0.6) is 0 Å². The number of alkyl halides is 3. The summed E-state index contributed by atoms with van der Waals surface area (Å²) in [4.78, 5) is 35.0. The van der Waals surface area contributed by atoms with Gasteiger partial charge in [-0.1, -0.05) is 37.5 Å². The highest BCUT2D eigenvalue weighted by atomic mass is 19.4. The van der Waals surface area contributed by atoms with Crippen LogP contribution < -0.4 is 0 Å². The molecular weight excluding hydrogens is 401 g/mol. The zero-order valence-electron chi connectivity index (χ0n) is 16.4. The molecule has 1 aromatic rings. The van der Waals surface area contributed by atoms with Gasteiger partial charge in [0.05, 0.1) is 11.7 Å². The Hall–Kier alpha value is -2.48. The van der Waals surface area contributed by atoms with Crippen molar-refractivity contribution in [3.05, 3.63) is 47.5 Å². The first-order chi connectivity index (χ1) is 14.1. The maximum atomic E-state index is 12.8. The number of Topliss-reactive ketones (excluding diaryl/α,β-unsaturated/α-hetero) is 1. The van der Waals surface area contributed by atoms with Crippen molar-refractivity contribution in [2.24, 2.45) is 11.8 Å². The summed E-state index contributed by atoms with van der Waals surface area (Å²) in [6.07, 6.45) is 0.395. The van der Waals surface area contributed by atoms with Crippen LogP contribution in [-0.4, -0.2) is 33.9 Å². The molecule has 0 aromatic heterocycles. The summed E-state index contributed by atoms with van der Waals surface area (Å²) >= 11 is 0. The molecule has 0 saturated heterocycles. The molecule has 2 rings (SSSR count). The predicted octanol–water partition coefficient (Wildman–Crippen LogP) is 4.44. The van der Waals surface area contributed by atoms with Gasteiger partial charge in [0.2, 0.25) is 0 Å². The molecular formula is C22H25F3O5. The van der Waals surface area contributed by atoms with E-state index in [-0.39, 0.29) is 24.2 Å². The van der Waals surface area contributed by atoms with Crippen LogP contribution in [-0.2, 0) is 15.8 Å². The number of ketones is 2. The number of aliphatic hydroxyl groups excluding tert-OH is 1. The molecule has 0 spiro atoms. The minimum atomic E-state index is -4.55. The number of hydrogen-bond acceptors (Lipinski definition) is 4. The standard InChI is InChI=1S/C22H25F3O5/c23-22(24,25)15-7-5-6-14(12-15)18(26)11-10-17-16(19(27)13-20(17)28)8-3-1-2-4-9-21(29)30/h5-7,10-12,16-17,20,28H,1-4,8-9,13H2,(H,29,30). The lowest BCUT2D eigenvalue weighted by Gasteiger charge is -2.17. The molecule has 5 nitrogen and oxygen atoms in total. The van der Waals surface area contributed by atoms with Crippen molar-refractivity contribution < 1.29 is 37.8 Å². The quantitative estimate of drug-likeness (QED) is 0.328. The monoisotopic (exact) mass is 426 g/mol. The first-order valence-corrected chi connectivity index (χ1v) is 9.92. The van der Waals surface area contributed by atoms with Gasteiger partial charge in [-0.05, 0) is 31.1 Å². The number of unbranched alkanes of at least 4 members (excludes halogenated alkanes) is 3. The van der Waals surface area contributed by atoms with Crippen molar-refractivity contribution in [2.75, 3.05) is 0 Å². The number of aliphatic carboxylic acids is 1. The van der Waals surface area contributed by atoms with E-state index in [0.29, 0.717) is 19.3 Å². The van der Waals surface area contributed by atoms with E-state index < -0.39 is 41.4 Å². The Morgan fingerprint density at radius 3 is 2.50 bits per heavy atom. The van der Waals surface area contributed by atoms with Crippen molar-refractivity contribution in [1.82, 2.24) is 0 Å². The summed E-state index contributed by atoms with van der Waals surface area (Å²) in [7, 11) is 0. The van der Waals surface area contributed by atoms with Crippen LogP contribution in [0.25, 0.3) is 0 Å². The molecule has 164 valence electrons. The number of carbonyl (C=O) groups excluding carboxylic acids is 2.